The minimum Gasteiger partial charge on any atom is -0.447 e. The Morgan fingerprint density at radius 3 is 2.81 bits per heavy atom. The normalized spacial score (nSPS) is 13.8. The van der Waals surface area contributed by atoms with Crippen LogP contribution in [0, 0.1) is 0 Å². The first-order valence-electron chi connectivity index (χ1n) is 12.5. The van der Waals surface area contributed by atoms with Crippen LogP contribution in [-0.2, 0) is 28.8 Å². The third-order valence-corrected chi connectivity index (χ3v) is 7.13. The fraction of sp³-hybridized carbons (Fsp3) is 0.321. The molecule has 1 atom stereocenters. The van der Waals surface area contributed by atoms with Gasteiger partial charge in [-0.15, -0.1) is 0 Å². The third-order valence-electron chi connectivity index (χ3n) is 6.90. The molecule has 0 aliphatic heterocycles. The second kappa shape index (κ2) is 10.7. The van der Waals surface area contributed by atoms with Gasteiger partial charge in [-0.25, -0.2) is 4.79 Å². The number of primary amides is 1. The number of aromatic nitrogens is 2. The molecule has 4 aromatic rings. The number of halogens is 1. The molecule has 0 radical (unpaired) electrons. The molecular weight excluding hydrogens is 490 g/mol. The molecule has 0 saturated carbocycles. The monoisotopic (exact) mass is 519 g/mol. The number of nitrogens with zero attached hydrogens (tertiary/aromatic N) is 1. The van der Waals surface area contributed by atoms with E-state index in [9.17, 15) is 9.59 Å². The summed E-state index contributed by atoms with van der Waals surface area (Å²) in [5.41, 5.74) is 12.5. The van der Waals surface area contributed by atoms with Gasteiger partial charge in [0.1, 0.15) is 6.61 Å². The maximum Gasteiger partial charge on any atom is 0.404 e. The van der Waals surface area contributed by atoms with E-state index in [2.05, 4.69) is 21.7 Å². The van der Waals surface area contributed by atoms with Crippen molar-refractivity contribution in [1.82, 2.24) is 15.3 Å². The number of ether oxygens (including phenoxy) is 1. The average molecular weight is 520 g/mol. The van der Waals surface area contributed by atoms with E-state index >= 15 is 0 Å². The van der Waals surface area contributed by atoms with E-state index in [0.717, 1.165) is 70.0 Å². The number of aromatic amines is 1. The number of pyridine rings is 1. The van der Waals surface area contributed by atoms with E-state index in [1.807, 2.05) is 36.5 Å². The SMILES string of the molecule is CC(=O)NCCc1c[nH]c2ccc(C(COC(N)=O)Nc3c4c(nc5ccc(Cl)cc35)CCCC4)cc12. The number of hydrogen-bond donors (Lipinski definition) is 4. The van der Waals surface area contributed by atoms with E-state index in [0.29, 0.717) is 18.0 Å². The van der Waals surface area contributed by atoms with Crippen LogP contribution in [0.15, 0.2) is 42.6 Å². The maximum atomic E-state index is 11.6. The topological polar surface area (TPSA) is 122 Å². The van der Waals surface area contributed by atoms with Gasteiger partial charge in [0, 0.05) is 52.4 Å². The molecule has 2 heterocycles. The Kier molecular flexibility index (Phi) is 7.19. The smallest absolute Gasteiger partial charge is 0.404 e. The zero-order valence-corrected chi connectivity index (χ0v) is 21.5. The predicted octanol–water partition coefficient (Wildman–Crippen LogP) is 5.18. The van der Waals surface area contributed by atoms with Gasteiger partial charge in [-0.1, -0.05) is 17.7 Å². The third kappa shape index (κ3) is 5.49. The van der Waals surface area contributed by atoms with E-state index in [1.54, 1.807) is 0 Å². The van der Waals surface area contributed by atoms with Gasteiger partial charge in [-0.2, -0.15) is 0 Å². The molecule has 1 aliphatic carbocycles. The lowest BCUT2D eigenvalue weighted by molar-refractivity contribution is -0.118. The Labute approximate surface area is 219 Å². The van der Waals surface area contributed by atoms with Crippen LogP contribution in [0.5, 0.6) is 0 Å². The molecule has 2 aromatic carbocycles. The van der Waals surface area contributed by atoms with E-state index in [4.69, 9.17) is 27.1 Å². The number of fused-ring (bicyclic) bond motifs is 3. The Morgan fingerprint density at radius 1 is 1.16 bits per heavy atom. The summed E-state index contributed by atoms with van der Waals surface area (Å²) in [6.45, 7) is 2.12. The molecule has 9 heteroatoms. The average Bonchev–Trinajstić information content (AvgIpc) is 3.28. The highest BCUT2D eigenvalue weighted by atomic mass is 35.5. The fourth-order valence-electron chi connectivity index (χ4n) is 5.11. The number of hydrogen-bond acceptors (Lipinski definition) is 5. The van der Waals surface area contributed by atoms with Crippen LogP contribution in [-0.4, -0.2) is 35.1 Å². The minimum atomic E-state index is -0.824. The van der Waals surface area contributed by atoms with Gasteiger partial charge in [-0.3, -0.25) is 9.78 Å². The fourth-order valence-corrected chi connectivity index (χ4v) is 5.29. The Balaban J connectivity index is 1.55. The van der Waals surface area contributed by atoms with Gasteiger partial charge in [-0.05, 0) is 79.1 Å². The number of nitrogens with two attached hydrogens (primary N) is 1. The molecule has 5 rings (SSSR count). The summed E-state index contributed by atoms with van der Waals surface area (Å²) >= 11 is 6.39. The van der Waals surface area contributed by atoms with Gasteiger partial charge in [0.2, 0.25) is 5.91 Å². The van der Waals surface area contributed by atoms with Gasteiger partial charge in [0.05, 0.1) is 11.6 Å². The molecular formula is C28H30ClN5O3. The summed E-state index contributed by atoms with van der Waals surface area (Å²) in [5, 5.41) is 9.16. The molecule has 37 heavy (non-hydrogen) atoms. The van der Waals surface area contributed by atoms with Crippen LogP contribution in [0.2, 0.25) is 5.02 Å². The number of benzene rings is 2. The highest BCUT2D eigenvalue weighted by Gasteiger charge is 2.23. The van der Waals surface area contributed by atoms with Crippen LogP contribution in [0.3, 0.4) is 0 Å². The molecule has 0 bridgehead atoms. The van der Waals surface area contributed by atoms with Crippen LogP contribution < -0.4 is 16.4 Å². The van der Waals surface area contributed by atoms with Crippen molar-refractivity contribution < 1.29 is 14.3 Å². The molecule has 192 valence electrons. The van der Waals surface area contributed by atoms with E-state index < -0.39 is 6.09 Å². The summed E-state index contributed by atoms with van der Waals surface area (Å²) < 4.78 is 5.30. The Morgan fingerprint density at radius 2 is 2.00 bits per heavy atom. The molecule has 1 unspecified atom stereocenters. The van der Waals surface area contributed by atoms with Crippen molar-refractivity contribution in [2.24, 2.45) is 5.73 Å². The number of amides is 2. The number of aryl methyl sites for hydroxylation is 1. The van der Waals surface area contributed by atoms with Crippen LogP contribution in [0.1, 0.15) is 48.2 Å². The molecule has 1 aliphatic rings. The van der Waals surface area contributed by atoms with Gasteiger partial charge in [0.25, 0.3) is 0 Å². The van der Waals surface area contributed by atoms with Crippen LogP contribution in [0.25, 0.3) is 21.8 Å². The first kappa shape index (κ1) is 24.9. The zero-order valence-electron chi connectivity index (χ0n) is 20.7. The number of carbonyl (C=O) groups excluding carboxylic acids is 2. The van der Waals surface area contributed by atoms with Crippen molar-refractivity contribution in [2.45, 2.75) is 45.1 Å². The van der Waals surface area contributed by atoms with Crippen LogP contribution in [0.4, 0.5) is 10.5 Å². The second-order valence-electron chi connectivity index (χ2n) is 9.46. The summed E-state index contributed by atoms with van der Waals surface area (Å²) in [4.78, 5) is 31.1. The number of H-pyrrole nitrogens is 1. The molecule has 8 nitrogen and oxygen atoms in total. The van der Waals surface area contributed by atoms with Crippen molar-refractivity contribution >= 4 is 51.1 Å². The van der Waals surface area contributed by atoms with Gasteiger partial charge >= 0.3 is 6.09 Å². The zero-order chi connectivity index (χ0) is 25.9. The molecule has 0 fully saturated rings. The summed E-state index contributed by atoms with van der Waals surface area (Å²) in [7, 11) is 0. The molecule has 0 spiro atoms. The van der Waals surface area contributed by atoms with Gasteiger partial charge < -0.3 is 26.1 Å². The molecule has 5 N–H and O–H groups in total. The van der Waals surface area contributed by atoms with Crippen LogP contribution >= 0.6 is 11.6 Å². The molecule has 0 saturated heterocycles. The number of nitrogens with one attached hydrogen (secondary N) is 3. The number of carbonyl (C=O) groups is 2. The summed E-state index contributed by atoms with van der Waals surface area (Å²) in [6, 6.07) is 11.5. The largest absolute Gasteiger partial charge is 0.447 e. The van der Waals surface area contributed by atoms with Crippen molar-refractivity contribution in [3.63, 3.8) is 0 Å². The van der Waals surface area contributed by atoms with Crippen molar-refractivity contribution in [1.29, 1.82) is 0 Å². The van der Waals surface area contributed by atoms with Crippen molar-refractivity contribution in [2.75, 3.05) is 18.5 Å². The summed E-state index contributed by atoms with van der Waals surface area (Å²) in [6.07, 6.45) is 5.88. The highest BCUT2D eigenvalue weighted by molar-refractivity contribution is 6.31. The van der Waals surface area contributed by atoms with E-state index in [1.165, 1.54) is 12.5 Å². The van der Waals surface area contributed by atoms with Crippen molar-refractivity contribution in [3.05, 3.63) is 70.0 Å². The Bertz CT molecular complexity index is 1480. The standard InChI is InChI=1S/C28H30ClN5O3/c1-16(35)31-11-10-18-14-32-23-8-6-17(12-21(18)23)26(15-37-28(30)36)34-27-20-4-2-3-5-24(20)33-25-9-7-19(29)13-22(25)27/h6-9,12-14,26,32H,2-5,10-11,15H2,1H3,(H2,30,36)(H,31,35)(H,33,34). The van der Waals surface area contributed by atoms with E-state index in [-0.39, 0.29) is 18.6 Å². The highest BCUT2D eigenvalue weighted by Crippen LogP contribution is 2.37. The second-order valence-corrected chi connectivity index (χ2v) is 9.90. The molecule has 2 aromatic heterocycles. The quantitative estimate of drug-likeness (QED) is 0.255. The lowest BCUT2D eigenvalue weighted by atomic mass is 9.92. The molecule has 2 amide bonds. The first-order valence-corrected chi connectivity index (χ1v) is 12.9. The minimum absolute atomic E-state index is 0.0543. The van der Waals surface area contributed by atoms with Crippen molar-refractivity contribution in [3.8, 4) is 0 Å². The number of anilines is 1. The number of rotatable bonds is 8. The lowest BCUT2D eigenvalue weighted by Crippen LogP contribution is -2.24. The maximum absolute atomic E-state index is 11.6. The Hall–Kier alpha value is -3.78. The first-order chi connectivity index (χ1) is 17.9. The lowest BCUT2D eigenvalue weighted by Gasteiger charge is -2.26. The predicted molar refractivity (Wildman–Crippen MR) is 146 cm³/mol. The summed E-state index contributed by atoms with van der Waals surface area (Å²) in [5.74, 6) is -0.0543. The van der Waals surface area contributed by atoms with Gasteiger partial charge in [0.15, 0.2) is 0 Å².